The third-order valence-corrected chi connectivity index (χ3v) is 3.46. The minimum absolute atomic E-state index is 0.296. The van der Waals surface area contributed by atoms with Crippen LogP contribution in [0.1, 0.15) is 18.9 Å². The van der Waals surface area contributed by atoms with Crippen LogP contribution in [0, 0.1) is 0 Å². The first-order chi connectivity index (χ1) is 12.2. The molecular weight excluding hydrogens is 316 g/mol. The van der Waals surface area contributed by atoms with Gasteiger partial charge in [0, 0.05) is 12.0 Å². The maximum absolute atomic E-state index is 12.4. The van der Waals surface area contributed by atoms with Crippen LogP contribution in [0.15, 0.2) is 72.8 Å². The third kappa shape index (κ3) is 4.98. The number of rotatable bonds is 8. The van der Waals surface area contributed by atoms with Crippen LogP contribution in [0.5, 0.6) is 11.5 Å². The van der Waals surface area contributed by atoms with Crippen molar-refractivity contribution in [2.24, 2.45) is 0 Å². The molecule has 0 saturated carbocycles. The molecule has 0 saturated heterocycles. The van der Waals surface area contributed by atoms with Crippen LogP contribution in [-0.2, 0) is 9.53 Å². The number of ether oxygens (including phenoxy) is 3. The van der Waals surface area contributed by atoms with Crippen molar-refractivity contribution in [2.45, 2.75) is 13.3 Å². The van der Waals surface area contributed by atoms with Gasteiger partial charge in [0.05, 0.1) is 19.3 Å². The first-order valence-corrected chi connectivity index (χ1v) is 8.08. The molecular formula is C21H22O4. The van der Waals surface area contributed by atoms with Crippen molar-refractivity contribution in [1.29, 1.82) is 0 Å². The van der Waals surface area contributed by atoms with Gasteiger partial charge in [-0.3, -0.25) is 0 Å². The first kappa shape index (κ1) is 18.3. The summed E-state index contributed by atoms with van der Waals surface area (Å²) in [7, 11) is 1.61. The lowest BCUT2D eigenvalue weighted by atomic mass is 10.1. The molecule has 130 valence electrons. The molecule has 0 aliphatic heterocycles. The molecule has 0 fully saturated rings. The number of carbonyl (C=O) groups is 1. The molecule has 2 aromatic carbocycles. The lowest BCUT2D eigenvalue weighted by Gasteiger charge is -2.15. The van der Waals surface area contributed by atoms with E-state index in [0.717, 1.165) is 11.3 Å². The van der Waals surface area contributed by atoms with Crippen molar-refractivity contribution in [1.82, 2.24) is 0 Å². The monoisotopic (exact) mass is 338 g/mol. The van der Waals surface area contributed by atoms with E-state index in [-0.39, 0.29) is 0 Å². The normalized spacial score (nSPS) is 11.3. The summed E-state index contributed by atoms with van der Waals surface area (Å²) in [5.41, 5.74) is 1.22. The molecule has 0 N–H and O–H groups in total. The van der Waals surface area contributed by atoms with Gasteiger partial charge in [-0.25, -0.2) is 4.79 Å². The molecule has 25 heavy (non-hydrogen) atoms. The van der Waals surface area contributed by atoms with E-state index in [2.05, 4.69) is 6.58 Å². The molecule has 0 atom stereocenters. The van der Waals surface area contributed by atoms with Crippen molar-refractivity contribution >= 4 is 11.7 Å². The zero-order valence-corrected chi connectivity index (χ0v) is 14.5. The van der Waals surface area contributed by atoms with Gasteiger partial charge in [0.2, 0.25) is 0 Å². The Labute approximate surface area is 148 Å². The van der Waals surface area contributed by atoms with Crippen LogP contribution in [-0.4, -0.2) is 19.7 Å². The summed E-state index contributed by atoms with van der Waals surface area (Å²) in [6.45, 7) is 5.80. The zero-order chi connectivity index (χ0) is 18.1. The van der Waals surface area contributed by atoms with E-state index in [1.165, 1.54) is 0 Å². The fourth-order valence-corrected chi connectivity index (χ4v) is 2.28. The van der Waals surface area contributed by atoms with Crippen molar-refractivity contribution in [3.63, 3.8) is 0 Å². The van der Waals surface area contributed by atoms with E-state index in [4.69, 9.17) is 14.2 Å². The van der Waals surface area contributed by atoms with Crippen LogP contribution >= 0.6 is 0 Å². The van der Waals surface area contributed by atoms with Crippen LogP contribution < -0.4 is 9.47 Å². The second-order valence-electron chi connectivity index (χ2n) is 5.16. The van der Waals surface area contributed by atoms with E-state index in [1.807, 2.05) is 30.3 Å². The van der Waals surface area contributed by atoms with Crippen molar-refractivity contribution in [3.8, 4) is 11.5 Å². The molecule has 0 unspecified atom stereocenters. The van der Waals surface area contributed by atoms with Crippen molar-refractivity contribution in [3.05, 3.63) is 78.4 Å². The van der Waals surface area contributed by atoms with Crippen LogP contribution in [0.25, 0.3) is 5.76 Å². The van der Waals surface area contributed by atoms with Crippen LogP contribution in [0.3, 0.4) is 0 Å². The highest BCUT2D eigenvalue weighted by atomic mass is 16.5. The Bertz CT molecular complexity index is 730. The molecule has 4 heteroatoms. The molecule has 0 aliphatic carbocycles. The smallest absolute Gasteiger partial charge is 0.338 e. The summed E-state index contributed by atoms with van der Waals surface area (Å²) in [4.78, 5) is 12.4. The number of benzene rings is 2. The lowest BCUT2D eigenvalue weighted by Crippen LogP contribution is -2.12. The van der Waals surface area contributed by atoms with Crippen LogP contribution in [0.2, 0.25) is 0 Å². The lowest BCUT2D eigenvalue weighted by molar-refractivity contribution is -0.138. The van der Waals surface area contributed by atoms with Crippen LogP contribution in [0.4, 0.5) is 0 Å². The molecule has 0 spiro atoms. The molecule has 4 nitrogen and oxygen atoms in total. The Kier molecular flexibility index (Phi) is 6.84. The third-order valence-electron chi connectivity index (χ3n) is 3.46. The summed E-state index contributed by atoms with van der Waals surface area (Å²) >= 11 is 0. The van der Waals surface area contributed by atoms with Crippen molar-refractivity contribution < 1.29 is 19.0 Å². The molecule has 0 amide bonds. The Morgan fingerprint density at radius 3 is 2.24 bits per heavy atom. The Balaban J connectivity index is 2.48. The number of allylic oxidation sites excluding steroid dienone is 1. The number of hydrogen-bond donors (Lipinski definition) is 0. The summed E-state index contributed by atoms with van der Waals surface area (Å²) in [6.07, 6.45) is 2.01. The van der Waals surface area contributed by atoms with Gasteiger partial charge in [0.25, 0.3) is 0 Å². The van der Waals surface area contributed by atoms with Crippen molar-refractivity contribution in [2.75, 3.05) is 13.7 Å². The van der Waals surface area contributed by atoms with E-state index < -0.39 is 5.97 Å². The number of esters is 1. The summed E-state index contributed by atoms with van der Waals surface area (Å²) in [5, 5.41) is 0. The molecule has 0 radical (unpaired) electrons. The molecule has 0 aliphatic rings. The van der Waals surface area contributed by atoms with E-state index in [1.54, 1.807) is 44.4 Å². The van der Waals surface area contributed by atoms with E-state index in [9.17, 15) is 4.79 Å². The van der Waals surface area contributed by atoms with Gasteiger partial charge in [-0.1, -0.05) is 36.4 Å². The molecule has 0 bridgehead atoms. The topological polar surface area (TPSA) is 44.8 Å². The molecule has 0 aromatic heterocycles. The fraction of sp³-hybridized carbons (Fsp3) is 0.190. The average molecular weight is 338 g/mol. The highest BCUT2D eigenvalue weighted by Crippen LogP contribution is 2.28. The Hall–Kier alpha value is -3.01. The predicted octanol–water partition coefficient (Wildman–Crippen LogP) is 4.62. The fourth-order valence-electron chi connectivity index (χ4n) is 2.28. The number of hydrogen-bond acceptors (Lipinski definition) is 4. The van der Waals surface area contributed by atoms with Gasteiger partial charge in [0.15, 0.2) is 0 Å². The van der Waals surface area contributed by atoms with Gasteiger partial charge in [0.1, 0.15) is 17.3 Å². The molecule has 2 rings (SSSR count). The maximum atomic E-state index is 12.4. The predicted molar refractivity (Wildman–Crippen MR) is 98.4 cm³/mol. The van der Waals surface area contributed by atoms with Gasteiger partial charge >= 0.3 is 5.97 Å². The SMILES string of the molecule is C=CC/C(C(=O)OCC)=C(\Oc1ccc(OC)cc1)c1ccccc1. The molecule has 2 aromatic rings. The first-order valence-electron chi connectivity index (χ1n) is 8.08. The number of methoxy groups -OCH3 is 1. The highest BCUT2D eigenvalue weighted by Gasteiger charge is 2.19. The molecule has 0 heterocycles. The summed E-state index contributed by atoms with van der Waals surface area (Å²) in [6, 6.07) is 16.7. The quantitative estimate of drug-likeness (QED) is 0.305. The highest BCUT2D eigenvalue weighted by molar-refractivity contribution is 5.96. The maximum Gasteiger partial charge on any atom is 0.338 e. The summed E-state index contributed by atoms with van der Waals surface area (Å²) in [5.74, 6) is 1.39. The average Bonchev–Trinajstić information content (AvgIpc) is 2.66. The minimum Gasteiger partial charge on any atom is -0.497 e. The zero-order valence-electron chi connectivity index (χ0n) is 14.5. The van der Waals surface area contributed by atoms with E-state index in [0.29, 0.717) is 30.1 Å². The minimum atomic E-state index is -0.408. The van der Waals surface area contributed by atoms with Gasteiger partial charge in [-0.2, -0.15) is 0 Å². The largest absolute Gasteiger partial charge is 0.497 e. The standard InChI is InChI=1S/C21H22O4/c1-4-9-19(21(22)24-5-2)20(16-10-7-6-8-11-16)25-18-14-12-17(23-3)13-15-18/h4,6-8,10-15H,1,5,9H2,2-3H3/b20-19+. The van der Waals surface area contributed by atoms with E-state index >= 15 is 0 Å². The van der Waals surface area contributed by atoms with Gasteiger partial charge < -0.3 is 14.2 Å². The Morgan fingerprint density at radius 2 is 1.68 bits per heavy atom. The Morgan fingerprint density at radius 1 is 1.04 bits per heavy atom. The summed E-state index contributed by atoms with van der Waals surface area (Å²) < 4.78 is 16.4. The van der Waals surface area contributed by atoms with Gasteiger partial charge in [-0.15, -0.1) is 6.58 Å². The number of carbonyl (C=O) groups excluding carboxylic acids is 1. The second kappa shape index (κ2) is 9.33. The second-order valence-corrected chi connectivity index (χ2v) is 5.16. The van der Waals surface area contributed by atoms with Gasteiger partial charge in [-0.05, 0) is 31.2 Å².